The van der Waals surface area contributed by atoms with E-state index in [2.05, 4.69) is 10.6 Å². The second-order valence-electron chi connectivity index (χ2n) is 5.19. The van der Waals surface area contributed by atoms with Crippen LogP contribution >= 0.6 is 0 Å². The van der Waals surface area contributed by atoms with Gasteiger partial charge in [0.1, 0.15) is 11.6 Å². The molecule has 5 heteroatoms. The number of nitrogens with one attached hydrogen (secondary N) is 2. The van der Waals surface area contributed by atoms with E-state index in [4.69, 9.17) is 4.74 Å². The number of amides is 1. The topological polar surface area (TPSA) is 50.4 Å². The molecule has 2 aromatic carbocycles. The highest BCUT2D eigenvalue weighted by Gasteiger charge is 2.15. The summed E-state index contributed by atoms with van der Waals surface area (Å²) in [6, 6.07) is 13.3. The fraction of sp³-hybridized carbons (Fsp3) is 0.278. The maximum absolute atomic E-state index is 13.1. The zero-order valence-corrected chi connectivity index (χ0v) is 13.3. The van der Waals surface area contributed by atoms with E-state index in [9.17, 15) is 9.18 Å². The summed E-state index contributed by atoms with van der Waals surface area (Å²) in [7, 11) is 0. The van der Waals surface area contributed by atoms with E-state index >= 15 is 0 Å². The van der Waals surface area contributed by atoms with Crippen LogP contribution < -0.4 is 15.4 Å². The first-order valence-corrected chi connectivity index (χ1v) is 7.61. The summed E-state index contributed by atoms with van der Waals surface area (Å²) >= 11 is 0. The minimum atomic E-state index is -0.728. The molecule has 2 aromatic rings. The maximum atomic E-state index is 13.1. The van der Waals surface area contributed by atoms with Gasteiger partial charge in [-0.2, -0.15) is 0 Å². The monoisotopic (exact) mass is 316 g/mol. The van der Waals surface area contributed by atoms with Gasteiger partial charge < -0.3 is 15.4 Å². The van der Waals surface area contributed by atoms with E-state index in [1.54, 1.807) is 19.1 Å². The molecular formula is C18H21FN2O2. The van der Waals surface area contributed by atoms with Crippen molar-refractivity contribution in [3.8, 4) is 5.75 Å². The Morgan fingerprint density at radius 1 is 1.22 bits per heavy atom. The van der Waals surface area contributed by atoms with Gasteiger partial charge in [-0.3, -0.25) is 4.79 Å². The number of hydrogen-bond acceptors (Lipinski definition) is 3. The van der Waals surface area contributed by atoms with Gasteiger partial charge in [0, 0.05) is 18.3 Å². The molecule has 122 valence electrons. The maximum Gasteiger partial charge on any atom is 0.265 e. The lowest BCUT2D eigenvalue weighted by molar-refractivity contribution is -0.122. The van der Waals surface area contributed by atoms with Crippen LogP contribution in [0.25, 0.3) is 0 Å². The molecule has 0 aliphatic carbocycles. The number of benzene rings is 2. The van der Waals surface area contributed by atoms with Crippen LogP contribution in [-0.4, -0.2) is 18.6 Å². The van der Waals surface area contributed by atoms with Gasteiger partial charge in [0.25, 0.3) is 5.91 Å². The van der Waals surface area contributed by atoms with Crippen LogP contribution in [0.15, 0.2) is 48.5 Å². The average Bonchev–Trinajstić information content (AvgIpc) is 2.53. The van der Waals surface area contributed by atoms with Gasteiger partial charge in [0.15, 0.2) is 6.10 Å². The van der Waals surface area contributed by atoms with Crippen molar-refractivity contribution in [1.82, 2.24) is 5.32 Å². The Labute approximate surface area is 135 Å². The summed E-state index contributed by atoms with van der Waals surface area (Å²) in [5, 5.41) is 6.04. The third-order valence-electron chi connectivity index (χ3n) is 3.25. The highest BCUT2D eigenvalue weighted by atomic mass is 19.1. The van der Waals surface area contributed by atoms with Gasteiger partial charge in [-0.15, -0.1) is 0 Å². The van der Waals surface area contributed by atoms with E-state index in [1.165, 1.54) is 12.1 Å². The highest BCUT2D eigenvalue weighted by Crippen LogP contribution is 2.15. The van der Waals surface area contributed by atoms with Crippen LogP contribution in [0.4, 0.5) is 10.1 Å². The lowest BCUT2D eigenvalue weighted by Crippen LogP contribution is -2.30. The normalized spacial score (nSPS) is 11.8. The number of ether oxygens (including phenoxy) is 1. The van der Waals surface area contributed by atoms with Crippen LogP contribution in [0.2, 0.25) is 0 Å². The van der Waals surface area contributed by atoms with Gasteiger partial charge in [0.05, 0.1) is 0 Å². The summed E-state index contributed by atoms with van der Waals surface area (Å²) in [5.74, 6) is -0.352. The molecule has 0 aromatic heterocycles. The van der Waals surface area contributed by atoms with Gasteiger partial charge in [0.2, 0.25) is 0 Å². The molecule has 4 nitrogen and oxygen atoms in total. The van der Waals surface area contributed by atoms with Crippen LogP contribution in [-0.2, 0) is 11.3 Å². The van der Waals surface area contributed by atoms with Crippen molar-refractivity contribution < 1.29 is 13.9 Å². The molecule has 0 bridgehead atoms. The zero-order chi connectivity index (χ0) is 16.7. The highest BCUT2D eigenvalue weighted by molar-refractivity contribution is 5.94. The molecule has 0 aliphatic heterocycles. The molecule has 2 rings (SSSR count). The zero-order valence-electron chi connectivity index (χ0n) is 13.3. The predicted octanol–water partition coefficient (Wildman–Crippen LogP) is 3.34. The molecular weight excluding hydrogens is 295 g/mol. The second-order valence-corrected chi connectivity index (χ2v) is 5.19. The van der Waals surface area contributed by atoms with Crippen molar-refractivity contribution in [2.75, 3.05) is 11.9 Å². The number of anilines is 1. The van der Waals surface area contributed by atoms with Crippen LogP contribution in [0.3, 0.4) is 0 Å². The van der Waals surface area contributed by atoms with Crippen molar-refractivity contribution >= 4 is 11.6 Å². The van der Waals surface area contributed by atoms with E-state index in [1.807, 2.05) is 31.2 Å². The Bertz CT molecular complexity index is 661. The van der Waals surface area contributed by atoms with Crippen LogP contribution in [0.1, 0.15) is 19.4 Å². The quantitative estimate of drug-likeness (QED) is 0.824. The van der Waals surface area contributed by atoms with Crippen molar-refractivity contribution in [1.29, 1.82) is 0 Å². The van der Waals surface area contributed by atoms with Gasteiger partial charge in [-0.05, 0) is 43.3 Å². The van der Waals surface area contributed by atoms with Crippen molar-refractivity contribution in [2.45, 2.75) is 26.5 Å². The van der Waals surface area contributed by atoms with Crippen molar-refractivity contribution in [3.63, 3.8) is 0 Å². The van der Waals surface area contributed by atoms with Gasteiger partial charge in [-0.25, -0.2) is 4.39 Å². The molecule has 0 fully saturated rings. The molecule has 2 N–H and O–H groups in total. The molecule has 0 saturated carbocycles. The summed E-state index contributed by atoms with van der Waals surface area (Å²) in [5.41, 5.74) is 1.79. The fourth-order valence-electron chi connectivity index (χ4n) is 2.07. The van der Waals surface area contributed by atoms with E-state index < -0.39 is 11.9 Å². The third kappa shape index (κ3) is 5.38. The van der Waals surface area contributed by atoms with Crippen molar-refractivity contribution in [2.24, 2.45) is 0 Å². The summed E-state index contributed by atoms with van der Waals surface area (Å²) in [6.07, 6.45) is -0.728. The number of rotatable bonds is 7. The third-order valence-corrected chi connectivity index (χ3v) is 3.25. The standard InChI is InChI=1S/C18H21FN2O2/c1-3-20-12-14-6-4-8-16(10-14)21-18(22)13(2)23-17-9-5-7-15(19)11-17/h4-11,13,20H,3,12H2,1-2H3,(H,21,22). The summed E-state index contributed by atoms with van der Waals surface area (Å²) in [4.78, 5) is 12.2. The molecule has 1 unspecified atom stereocenters. The smallest absolute Gasteiger partial charge is 0.265 e. The number of carbonyl (C=O) groups excluding carboxylic acids is 1. The number of halogens is 1. The Hall–Kier alpha value is -2.40. The number of hydrogen-bond donors (Lipinski definition) is 2. The Morgan fingerprint density at radius 3 is 2.74 bits per heavy atom. The first-order chi connectivity index (χ1) is 11.1. The molecule has 0 aliphatic rings. The fourth-order valence-corrected chi connectivity index (χ4v) is 2.07. The Balaban J connectivity index is 1.95. The van der Waals surface area contributed by atoms with E-state index in [0.717, 1.165) is 18.7 Å². The van der Waals surface area contributed by atoms with Crippen LogP contribution in [0.5, 0.6) is 5.75 Å². The lowest BCUT2D eigenvalue weighted by Gasteiger charge is -2.15. The van der Waals surface area contributed by atoms with Crippen LogP contribution in [0, 0.1) is 5.82 Å². The minimum absolute atomic E-state index is 0.283. The van der Waals surface area contributed by atoms with E-state index in [0.29, 0.717) is 11.4 Å². The average molecular weight is 316 g/mol. The lowest BCUT2D eigenvalue weighted by atomic mass is 10.2. The molecule has 0 heterocycles. The molecule has 23 heavy (non-hydrogen) atoms. The molecule has 0 saturated heterocycles. The van der Waals surface area contributed by atoms with Gasteiger partial charge >= 0.3 is 0 Å². The molecule has 1 atom stereocenters. The second kappa shape index (κ2) is 8.29. The Kier molecular flexibility index (Phi) is 6.11. The summed E-state index contributed by atoms with van der Waals surface area (Å²) < 4.78 is 18.6. The minimum Gasteiger partial charge on any atom is -0.481 e. The first-order valence-electron chi connectivity index (χ1n) is 7.61. The first kappa shape index (κ1) is 17.0. The molecule has 1 amide bonds. The predicted molar refractivity (Wildman–Crippen MR) is 88.9 cm³/mol. The molecule has 0 spiro atoms. The van der Waals surface area contributed by atoms with Crippen molar-refractivity contribution in [3.05, 3.63) is 59.9 Å². The molecule has 0 radical (unpaired) electrons. The Morgan fingerprint density at radius 2 is 2.00 bits per heavy atom. The SMILES string of the molecule is CCNCc1cccc(NC(=O)C(C)Oc2cccc(F)c2)c1. The summed E-state index contributed by atoms with van der Waals surface area (Å²) in [6.45, 7) is 5.30. The van der Waals surface area contributed by atoms with E-state index in [-0.39, 0.29) is 5.91 Å². The largest absolute Gasteiger partial charge is 0.481 e. The number of carbonyl (C=O) groups is 1. The van der Waals surface area contributed by atoms with Gasteiger partial charge in [-0.1, -0.05) is 25.1 Å².